The van der Waals surface area contributed by atoms with Gasteiger partial charge in [-0.25, -0.2) is 0 Å². The van der Waals surface area contributed by atoms with Crippen LogP contribution in [0.4, 0.5) is 0 Å². The number of piperidine rings is 1. The zero-order valence-corrected chi connectivity index (χ0v) is 13.2. The van der Waals surface area contributed by atoms with Crippen molar-refractivity contribution in [1.82, 2.24) is 8.61 Å². The van der Waals surface area contributed by atoms with Gasteiger partial charge in [0.25, 0.3) is 10.2 Å². The highest BCUT2D eigenvalue weighted by atomic mass is 35.5. The predicted octanol–water partition coefficient (Wildman–Crippen LogP) is 2.30. The molecule has 0 unspecified atom stereocenters. The first kappa shape index (κ1) is 16.2. The number of rotatable bonds is 6. The van der Waals surface area contributed by atoms with Gasteiger partial charge in [0, 0.05) is 31.6 Å². The Hall–Kier alpha value is 0.160. The van der Waals surface area contributed by atoms with Gasteiger partial charge in [-0.3, -0.25) is 0 Å². The molecule has 1 heterocycles. The van der Waals surface area contributed by atoms with Gasteiger partial charge < -0.3 is 0 Å². The number of hydrogen-bond acceptors (Lipinski definition) is 2. The van der Waals surface area contributed by atoms with E-state index >= 15 is 0 Å². The van der Waals surface area contributed by atoms with Gasteiger partial charge in [0.1, 0.15) is 0 Å². The first-order valence-electron chi connectivity index (χ1n) is 6.72. The van der Waals surface area contributed by atoms with Crippen LogP contribution in [0, 0.1) is 5.92 Å². The van der Waals surface area contributed by atoms with E-state index in [1.807, 2.05) is 13.8 Å². The summed E-state index contributed by atoms with van der Waals surface area (Å²) in [6.45, 7) is 7.81. The zero-order chi connectivity index (χ0) is 13.8. The van der Waals surface area contributed by atoms with Crippen LogP contribution in [0.1, 0.15) is 40.0 Å². The van der Waals surface area contributed by atoms with Crippen molar-refractivity contribution < 1.29 is 8.42 Å². The second kappa shape index (κ2) is 7.08. The lowest BCUT2D eigenvalue weighted by atomic mass is 10.0. The summed E-state index contributed by atoms with van der Waals surface area (Å²) in [6, 6.07) is -0.0161. The quantitative estimate of drug-likeness (QED) is 0.706. The second-order valence-corrected chi connectivity index (χ2v) is 7.60. The van der Waals surface area contributed by atoms with Crippen molar-refractivity contribution in [1.29, 1.82) is 0 Å². The Bertz CT molecular complexity index is 338. The monoisotopic (exact) mass is 296 g/mol. The van der Waals surface area contributed by atoms with Gasteiger partial charge in [-0.1, -0.05) is 6.92 Å². The number of hydrogen-bond donors (Lipinski definition) is 0. The molecule has 0 aliphatic carbocycles. The summed E-state index contributed by atoms with van der Waals surface area (Å²) >= 11 is 5.67. The van der Waals surface area contributed by atoms with Crippen LogP contribution in [-0.4, -0.2) is 48.6 Å². The highest BCUT2D eigenvalue weighted by Gasteiger charge is 2.33. The van der Waals surface area contributed by atoms with Gasteiger partial charge in [0.05, 0.1) is 0 Å². The highest BCUT2D eigenvalue weighted by Crippen LogP contribution is 2.22. The molecule has 108 valence electrons. The van der Waals surface area contributed by atoms with Crippen molar-refractivity contribution in [2.75, 3.05) is 25.5 Å². The average molecular weight is 297 g/mol. The van der Waals surface area contributed by atoms with E-state index in [4.69, 9.17) is 11.6 Å². The summed E-state index contributed by atoms with van der Waals surface area (Å²) in [6.07, 6.45) is 2.62. The third-order valence-corrected chi connectivity index (χ3v) is 5.94. The Morgan fingerprint density at radius 3 is 2.33 bits per heavy atom. The molecule has 1 saturated heterocycles. The molecule has 0 amide bonds. The lowest BCUT2D eigenvalue weighted by Crippen LogP contribution is -2.49. The molecule has 1 rings (SSSR count). The largest absolute Gasteiger partial charge is 0.282 e. The van der Waals surface area contributed by atoms with Crippen molar-refractivity contribution in [3.05, 3.63) is 0 Å². The Balaban J connectivity index is 2.75. The molecule has 4 nitrogen and oxygen atoms in total. The van der Waals surface area contributed by atoms with E-state index < -0.39 is 10.2 Å². The standard InChI is InChI=1S/C12H25ClN2O2S/c1-11(2)15(8-4-7-13)18(16,17)14-9-5-12(3)6-10-14/h11-12H,4-10H2,1-3H3. The van der Waals surface area contributed by atoms with E-state index in [1.165, 1.54) is 0 Å². The zero-order valence-electron chi connectivity index (χ0n) is 11.6. The fourth-order valence-electron chi connectivity index (χ4n) is 2.22. The number of halogens is 1. The minimum Gasteiger partial charge on any atom is -0.195 e. The molecule has 0 radical (unpaired) electrons. The molecular formula is C12H25ClN2O2S. The molecule has 1 aliphatic heterocycles. The minimum absolute atomic E-state index is 0.0161. The van der Waals surface area contributed by atoms with Crippen molar-refractivity contribution in [2.24, 2.45) is 5.92 Å². The van der Waals surface area contributed by atoms with Crippen LogP contribution in [0.2, 0.25) is 0 Å². The van der Waals surface area contributed by atoms with E-state index in [-0.39, 0.29) is 6.04 Å². The van der Waals surface area contributed by atoms with E-state index in [0.717, 1.165) is 12.8 Å². The van der Waals surface area contributed by atoms with E-state index in [9.17, 15) is 8.42 Å². The Morgan fingerprint density at radius 1 is 1.33 bits per heavy atom. The van der Waals surface area contributed by atoms with Crippen LogP contribution in [0.25, 0.3) is 0 Å². The molecule has 18 heavy (non-hydrogen) atoms. The molecule has 0 saturated carbocycles. The van der Waals surface area contributed by atoms with Crippen molar-refractivity contribution >= 4 is 21.8 Å². The molecule has 0 atom stereocenters. The molecule has 0 aromatic rings. The SMILES string of the molecule is CC1CCN(S(=O)(=O)N(CCCCl)C(C)C)CC1. The third kappa shape index (κ3) is 4.08. The lowest BCUT2D eigenvalue weighted by molar-refractivity contribution is 0.252. The Morgan fingerprint density at radius 2 is 1.89 bits per heavy atom. The van der Waals surface area contributed by atoms with E-state index in [2.05, 4.69) is 6.92 Å². The first-order valence-corrected chi connectivity index (χ1v) is 8.65. The smallest absolute Gasteiger partial charge is 0.195 e. The maximum Gasteiger partial charge on any atom is 0.282 e. The van der Waals surface area contributed by atoms with E-state index in [0.29, 0.717) is 37.9 Å². The number of alkyl halides is 1. The molecule has 1 aliphatic rings. The van der Waals surface area contributed by atoms with Crippen LogP contribution in [0.15, 0.2) is 0 Å². The minimum atomic E-state index is -3.31. The normalized spacial score (nSPS) is 19.9. The van der Waals surface area contributed by atoms with Crippen LogP contribution >= 0.6 is 11.6 Å². The molecule has 0 bridgehead atoms. The molecular weight excluding hydrogens is 272 g/mol. The maximum absolute atomic E-state index is 12.5. The highest BCUT2D eigenvalue weighted by molar-refractivity contribution is 7.86. The van der Waals surface area contributed by atoms with E-state index in [1.54, 1.807) is 8.61 Å². The van der Waals surface area contributed by atoms with Gasteiger partial charge in [-0.15, -0.1) is 11.6 Å². The molecule has 1 fully saturated rings. The summed E-state index contributed by atoms with van der Waals surface area (Å²) in [5.41, 5.74) is 0. The van der Waals surface area contributed by atoms with Crippen molar-refractivity contribution in [2.45, 2.75) is 46.1 Å². The summed E-state index contributed by atoms with van der Waals surface area (Å²) in [4.78, 5) is 0. The number of nitrogens with zero attached hydrogens (tertiary/aromatic N) is 2. The summed E-state index contributed by atoms with van der Waals surface area (Å²) in [7, 11) is -3.31. The summed E-state index contributed by atoms with van der Waals surface area (Å²) in [5.74, 6) is 1.13. The summed E-state index contributed by atoms with van der Waals surface area (Å²) < 4.78 is 28.3. The summed E-state index contributed by atoms with van der Waals surface area (Å²) in [5, 5.41) is 0. The Labute approximate surface area is 116 Å². The molecule has 0 aromatic carbocycles. The fourth-order valence-corrected chi connectivity index (χ4v) is 4.20. The molecule has 6 heteroatoms. The van der Waals surface area contributed by atoms with Gasteiger partial charge in [-0.05, 0) is 39.0 Å². The van der Waals surface area contributed by atoms with Crippen LogP contribution in [0.3, 0.4) is 0 Å². The maximum atomic E-state index is 12.5. The average Bonchev–Trinajstić information content (AvgIpc) is 2.29. The third-order valence-electron chi connectivity index (χ3n) is 3.45. The van der Waals surface area contributed by atoms with Crippen LogP contribution in [-0.2, 0) is 10.2 Å². The molecule has 0 N–H and O–H groups in total. The van der Waals surface area contributed by atoms with Crippen LogP contribution in [0.5, 0.6) is 0 Å². The van der Waals surface area contributed by atoms with Gasteiger partial charge >= 0.3 is 0 Å². The van der Waals surface area contributed by atoms with Gasteiger partial charge in [0.15, 0.2) is 0 Å². The first-order chi connectivity index (χ1) is 8.39. The molecule has 0 aromatic heterocycles. The van der Waals surface area contributed by atoms with Gasteiger partial charge in [-0.2, -0.15) is 17.0 Å². The topological polar surface area (TPSA) is 40.6 Å². The van der Waals surface area contributed by atoms with Gasteiger partial charge in [0.2, 0.25) is 0 Å². The second-order valence-electron chi connectivity index (χ2n) is 5.34. The van der Waals surface area contributed by atoms with Crippen molar-refractivity contribution in [3.63, 3.8) is 0 Å². The lowest BCUT2D eigenvalue weighted by Gasteiger charge is -2.35. The van der Waals surface area contributed by atoms with Crippen molar-refractivity contribution in [3.8, 4) is 0 Å². The molecule has 0 spiro atoms. The Kier molecular flexibility index (Phi) is 6.38. The van der Waals surface area contributed by atoms with Crippen LogP contribution < -0.4 is 0 Å². The predicted molar refractivity (Wildman–Crippen MR) is 76.1 cm³/mol. The fraction of sp³-hybridized carbons (Fsp3) is 1.00.